The Morgan fingerprint density at radius 3 is 3.00 bits per heavy atom. The molecule has 1 aromatic heterocycles. The topological polar surface area (TPSA) is 72.6 Å². The van der Waals surface area contributed by atoms with Gasteiger partial charge in [0.2, 0.25) is 0 Å². The van der Waals surface area contributed by atoms with Gasteiger partial charge in [-0.15, -0.1) is 10.2 Å². The van der Waals surface area contributed by atoms with E-state index in [9.17, 15) is 5.11 Å². The van der Waals surface area contributed by atoms with E-state index in [-0.39, 0.29) is 12.7 Å². The van der Waals surface area contributed by atoms with Gasteiger partial charge < -0.3 is 19.1 Å². The number of aliphatic hydroxyl groups is 1. The van der Waals surface area contributed by atoms with Gasteiger partial charge in [-0.2, -0.15) is 0 Å². The zero-order valence-corrected chi connectivity index (χ0v) is 13.9. The molecular formula is C17H24N4O3. The summed E-state index contributed by atoms with van der Waals surface area (Å²) in [5.41, 5.74) is 0. The van der Waals surface area contributed by atoms with Crippen molar-refractivity contribution < 1.29 is 14.6 Å². The number of para-hydroxylation sites is 1. The lowest BCUT2D eigenvalue weighted by molar-refractivity contribution is -0.0508. The molecule has 130 valence electrons. The van der Waals surface area contributed by atoms with E-state index in [0.29, 0.717) is 19.7 Å². The van der Waals surface area contributed by atoms with E-state index in [0.717, 1.165) is 24.7 Å². The van der Waals surface area contributed by atoms with Crippen LogP contribution in [0, 0.1) is 0 Å². The molecular weight excluding hydrogens is 308 g/mol. The van der Waals surface area contributed by atoms with Gasteiger partial charge in [0.1, 0.15) is 30.9 Å². The van der Waals surface area contributed by atoms with Crippen molar-refractivity contribution in [2.75, 3.05) is 32.8 Å². The number of benzene rings is 1. The molecule has 1 aliphatic rings. The lowest BCUT2D eigenvalue weighted by atomic mass is 10.2. The highest BCUT2D eigenvalue weighted by Crippen LogP contribution is 2.20. The minimum Gasteiger partial charge on any atom is -0.491 e. The zero-order valence-electron chi connectivity index (χ0n) is 13.9. The second-order valence-corrected chi connectivity index (χ2v) is 5.87. The van der Waals surface area contributed by atoms with Crippen LogP contribution in [-0.4, -0.2) is 63.7 Å². The molecule has 7 heteroatoms. The molecule has 3 rings (SSSR count). The minimum atomic E-state index is -0.548. The molecule has 0 unspecified atom stereocenters. The third kappa shape index (κ3) is 4.31. The highest BCUT2D eigenvalue weighted by Gasteiger charge is 2.27. The molecule has 1 aromatic carbocycles. The third-order valence-electron chi connectivity index (χ3n) is 4.08. The van der Waals surface area contributed by atoms with Crippen LogP contribution in [0.4, 0.5) is 0 Å². The summed E-state index contributed by atoms with van der Waals surface area (Å²) >= 11 is 0. The van der Waals surface area contributed by atoms with Crippen LogP contribution < -0.4 is 4.74 Å². The fourth-order valence-electron chi connectivity index (χ4n) is 2.84. The third-order valence-corrected chi connectivity index (χ3v) is 4.08. The van der Waals surface area contributed by atoms with E-state index in [2.05, 4.69) is 22.0 Å². The normalized spacial score (nSPS) is 20.0. The SMILES string of the molecule is CCn1cnnc1[C@H]1CN(C[C@H](O)COc2ccccc2)CCO1. The molecule has 2 aromatic rings. The van der Waals surface area contributed by atoms with Gasteiger partial charge in [0.15, 0.2) is 5.82 Å². The smallest absolute Gasteiger partial charge is 0.163 e. The van der Waals surface area contributed by atoms with E-state index in [1.807, 2.05) is 34.9 Å². The van der Waals surface area contributed by atoms with E-state index in [1.165, 1.54) is 0 Å². The van der Waals surface area contributed by atoms with Crippen LogP contribution >= 0.6 is 0 Å². The van der Waals surface area contributed by atoms with Crippen molar-refractivity contribution in [1.29, 1.82) is 0 Å². The average molecular weight is 332 g/mol. The molecule has 1 fully saturated rings. The first-order valence-electron chi connectivity index (χ1n) is 8.34. The minimum absolute atomic E-state index is 0.108. The van der Waals surface area contributed by atoms with E-state index >= 15 is 0 Å². The van der Waals surface area contributed by atoms with Gasteiger partial charge in [0.05, 0.1) is 6.61 Å². The molecule has 0 aliphatic carbocycles. The van der Waals surface area contributed by atoms with Crippen molar-refractivity contribution in [2.45, 2.75) is 25.7 Å². The van der Waals surface area contributed by atoms with Gasteiger partial charge in [-0.1, -0.05) is 18.2 Å². The maximum Gasteiger partial charge on any atom is 0.163 e. The summed E-state index contributed by atoms with van der Waals surface area (Å²) in [6.07, 6.45) is 1.07. The zero-order chi connectivity index (χ0) is 16.8. The monoisotopic (exact) mass is 332 g/mol. The summed E-state index contributed by atoms with van der Waals surface area (Å²) in [6, 6.07) is 9.53. The van der Waals surface area contributed by atoms with Crippen LogP contribution in [0.15, 0.2) is 36.7 Å². The fourth-order valence-corrected chi connectivity index (χ4v) is 2.84. The summed E-state index contributed by atoms with van der Waals surface area (Å²) in [7, 11) is 0. The second kappa shape index (κ2) is 8.23. The second-order valence-electron chi connectivity index (χ2n) is 5.87. The number of ether oxygens (including phenoxy) is 2. The predicted octanol–water partition coefficient (Wildman–Crippen LogP) is 1.11. The van der Waals surface area contributed by atoms with Gasteiger partial charge in [-0.25, -0.2) is 0 Å². The number of hydrogen-bond acceptors (Lipinski definition) is 6. The molecule has 24 heavy (non-hydrogen) atoms. The summed E-state index contributed by atoms with van der Waals surface area (Å²) < 4.78 is 13.4. The first kappa shape index (κ1) is 16.9. The van der Waals surface area contributed by atoms with Crippen molar-refractivity contribution in [3.05, 3.63) is 42.5 Å². The Morgan fingerprint density at radius 1 is 1.38 bits per heavy atom. The molecule has 1 aliphatic heterocycles. The Hall–Kier alpha value is -1.96. The average Bonchev–Trinajstić information content (AvgIpc) is 3.10. The number of aromatic nitrogens is 3. The van der Waals surface area contributed by atoms with Gasteiger partial charge >= 0.3 is 0 Å². The van der Waals surface area contributed by atoms with E-state index < -0.39 is 6.10 Å². The fraction of sp³-hybridized carbons (Fsp3) is 0.529. The maximum absolute atomic E-state index is 10.2. The van der Waals surface area contributed by atoms with Crippen molar-refractivity contribution in [3.8, 4) is 5.75 Å². The van der Waals surface area contributed by atoms with Crippen LogP contribution in [0.2, 0.25) is 0 Å². The van der Waals surface area contributed by atoms with Gasteiger partial charge in [0.25, 0.3) is 0 Å². The van der Waals surface area contributed by atoms with Crippen molar-refractivity contribution in [3.63, 3.8) is 0 Å². The number of aryl methyl sites for hydroxylation is 1. The van der Waals surface area contributed by atoms with Crippen LogP contribution in [-0.2, 0) is 11.3 Å². The number of nitrogens with zero attached hydrogens (tertiary/aromatic N) is 4. The largest absolute Gasteiger partial charge is 0.491 e. The van der Waals surface area contributed by atoms with E-state index in [1.54, 1.807) is 6.33 Å². The van der Waals surface area contributed by atoms with Crippen LogP contribution in [0.3, 0.4) is 0 Å². The van der Waals surface area contributed by atoms with Gasteiger partial charge in [-0.05, 0) is 19.1 Å². The summed E-state index contributed by atoms with van der Waals surface area (Å²) in [4.78, 5) is 2.18. The number of morpholine rings is 1. The molecule has 2 heterocycles. The standard InChI is InChI=1S/C17H24N4O3/c1-2-21-13-18-19-17(21)16-11-20(8-9-23-16)10-14(22)12-24-15-6-4-3-5-7-15/h3-7,13-14,16,22H,2,8-12H2,1H3/t14-,16+/m0/s1. The summed E-state index contributed by atoms with van der Waals surface area (Å²) in [5, 5.41) is 18.4. The van der Waals surface area contributed by atoms with Crippen molar-refractivity contribution >= 4 is 0 Å². The number of rotatable bonds is 7. The van der Waals surface area contributed by atoms with Crippen LogP contribution in [0.1, 0.15) is 18.9 Å². The molecule has 0 radical (unpaired) electrons. The first-order valence-corrected chi connectivity index (χ1v) is 8.34. The lowest BCUT2D eigenvalue weighted by Crippen LogP contribution is -2.44. The quantitative estimate of drug-likeness (QED) is 0.819. The van der Waals surface area contributed by atoms with Gasteiger partial charge in [0, 0.05) is 26.2 Å². The summed E-state index contributed by atoms with van der Waals surface area (Å²) in [5.74, 6) is 1.62. The van der Waals surface area contributed by atoms with E-state index in [4.69, 9.17) is 9.47 Å². The molecule has 7 nitrogen and oxygen atoms in total. The molecule has 1 saturated heterocycles. The molecule has 0 bridgehead atoms. The maximum atomic E-state index is 10.2. The Morgan fingerprint density at radius 2 is 2.21 bits per heavy atom. The Kier molecular flexibility index (Phi) is 5.79. The number of β-amino-alcohol motifs (C(OH)–C–C–N with tert-alkyl or cyclic N) is 1. The molecule has 1 N–H and O–H groups in total. The molecule has 0 spiro atoms. The lowest BCUT2D eigenvalue weighted by Gasteiger charge is -2.33. The van der Waals surface area contributed by atoms with Crippen LogP contribution in [0.5, 0.6) is 5.75 Å². The Bertz CT molecular complexity index is 619. The number of hydrogen-bond donors (Lipinski definition) is 1. The number of aliphatic hydroxyl groups excluding tert-OH is 1. The molecule has 0 saturated carbocycles. The summed E-state index contributed by atoms with van der Waals surface area (Å²) in [6.45, 7) is 5.80. The molecule has 2 atom stereocenters. The first-order chi connectivity index (χ1) is 11.8. The van der Waals surface area contributed by atoms with Crippen molar-refractivity contribution in [1.82, 2.24) is 19.7 Å². The Labute approximate surface area is 141 Å². The predicted molar refractivity (Wildman–Crippen MR) is 88.8 cm³/mol. The van der Waals surface area contributed by atoms with Gasteiger partial charge in [-0.3, -0.25) is 4.90 Å². The van der Waals surface area contributed by atoms with Crippen LogP contribution in [0.25, 0.3) is 0 Å². The van der Waals surface area contributed by atoms with Crippen molar-refractivity contribution in [2.24, 2.45) is 0 Å². The molecule has 0 amide bonds. The highest BCUT2D eigenvalue weighted by molar-refractivity contribution is 5.20. The highest BCUT2D eigenvalue weighted by atomic mass is 16.5. The Balaban J connectivity index is 1.50.